The van der Waals surface area contributed by atoms with Gasteiger partial charge in [-0.15, -0.1) is 0 Å². The number of nitrogens with one attached hydrogen (secondary N) is 2. The predicted molar refractivity (Wildman–Crippen MR) is 107 cm³/mol. The number of quaternary nitrogens is 2. The van der Waals surface area contributed by atoms with Gasteiger partial charge in [0, 0.05) is 12.5 Å². The largest absolute Gasteiger partial charge is 0.493 e. The molecule has 1 aliphatic heterocycles. The van der Waals surface area contributed by atoms with Gasteiger partial charge in [0.1, 0.15) is 31.9 Å². The summed E-state index contributed by atoms with van der Waals surface area (Å²) in [5.41, 5.74) is 4.00. The number of aryl methyl sites for hydroxylation is 1. The Bertz CT molecular complexity index is 730. The topological polar surface area (TPSA) is 36.6 Å². The maximum atomic E-state index is 5.47. The van der Waals surface area contributed by atoms with E-state index in [4.69, 9.17) is 14.2 Å². The first-order chi connectivity index (χ1) is 13.1. The zero-order valence-electron chi connectivity index (χ0n) is 16.9. The van der Waals surface area contributed by atoms with Crippen molar-refractivity contribution in [3.05, 3.63) is 47.5 Å². The first kappa shape index (κ1) is 19.5. The lowest BCUT2D eigenvalue weighted by Crippen LogP contribution is -3.26. The van der Waals surface area contributed by atoms with E-state index in [1.807, 2.05) is 0 Å². The van der Waals surface area contributed by atoms with Gasteiger partial charge >= 0.3 is 0 Å². The molecule has 0 unspecified atom stereocenters. The molecule has 1 fully saturated rings. The molecule has 2 N–H and O–H groups in total. The smallest absolute Gasteiger partial charge is 0.203 e. The summed E-state index contributed by atoms with van der Waals surface area (Å²) in [6, 6.07) is 13.0. The average Bonchev–Trinajstić information content (AvgIpc) is 2.71. The van der Waals surface area contributed by atoms with E-state index in [-0.39, 0.29) is 0 Å². The Morgan fingerprint density at radius 1 is 0.852 bits per heavy atom. The van der Waals surface area contributed by atoms with Crippen molar-refractivity contribution in [1.82, 2.24) is 0 Å². The molecule has 1 aliphatic rings. The summed E-state index contributed by atoms with van der Waals surface area (Å²) in [4.78, 5) is 3.27. The summed E-state index contributed by atoms with van der Waals surface area (Å²) in [6.07, 6.45) is 1.01. The van der Waals surface area contributed by atoms with Crippen molar-refractivity contribution >= 4 is 5.69 Å². The van der Waals surface area contributed by atoms with E-state index in [0.29, 0.717) is 5.75 Å². The van der Waals surface area contributed by atoms with Gasteiger partial charge in [-0.1, -0.05) is 12.1 Å². The predicted octanol–water partition coefficient (Wildman–Crippen LogP) is 0.678. The number of benzene rings is 2. The van der Waals surface area contributed by atoms with E-state index in [0.717, 1.165) is 24.5 Å². The molecule has 0 aromatic heterocycles. The molecular weight excluding hydrogens is 340 g/mol. The summed E-state index contributed by atoms with van der Waals surface area (Å²) >= 11 is 0. The van der Waals surface area contributed by atoms with Crippen LogP contribution in [0.3, 0.4) is 0 Å². The van der Waals surface area contributed by atoms with Crippen molar-refractivity contribution in [3.63, 3.8) is 0 Å². The molecule has 0 bridgehead atoms. The van der Waals surface area contributed by atoms with E-state index in [1.54, 1.807) is 31.1 Å². The van der Waals surface area contributed by atoms with Gasteiger partial charge in [-0.3, -0.25) is 4.90 Å². The Morgan fingerprint density at radius 3 is 2.07 bits per heavy atom. The van der Waals surface area contributed by atoms with Crippen LogP contribution < -0.4 is 24.0 Å². The van der Waals surface area contributed by atoms with Crippen LogP contribution >= 0.6 is 0 Å². The van der Waals surface area contributed by atoms with E-state index in [1.165, 1.54) is 43.0 Å². The Labute approximate surface area is 162 Å². The lowest BCUT2D eigenvalue weighted by Gasteiger charge is -2.29. The molecule has 0 radical (unpaired) electrons. The minimum Gasteiger partial charge on any atom is -0.493 e. The maximum absolute atomic E-state index is 5.47. The SMILES string of the molecule is COc1cc(CC[NH+]2CC[NH+](c3cccc(C)c3)CC2)cc(OC)c1OC. The van der Waals surface area contributed by atoms with E-state index < -0.39 is 0 Å². The summed E-state index contributed by atoms with van der Waals surface area (Å²) < 4.78 is 16.3. The van der Waals surface area contributed by atoms with Gasteiger partial charge in [0.15, 0.2) is 11.5 Å². The van der Waals surface area contributed by atoms with Gasteiger partial charge in [0.25, 0.3) is 0 Å². The number of rotatable bonds is 7. The van der Waals surface area contributed by atoms with E-state index in [2.05, 4.69) is 43.3 Å². The lowest BCUT2D eigenvalue weighted by molar-refractivity contribution is -0.986. The third-order valence-electron chi connectivity index (χ3n) is 5.48. The molecule has 27 heavy (non-hydrogen) atoms. The van der Waals surface area contributed by atoms with Crippen LogP contribution in [0.15, 0.2) is 36.4 Å². The van der Waals surface area contributed by atoms with Crippen LogP contribution in [0.5, 0.6) is 17.2 Å². The van der Waals surface area contributed by atoms with Gasteiger partial charge < -0.3 is 19.1 Å². The summed E-state index contributed by atoms with van der Waals surface area (Å²) in [6.45, 7) is 8.07. The molecule has 1 heterocycles. The van der Waals surface area contributed by atoms with Crippen LogP contribution in [0.1, 0.15) is 11.1 Å². The Kier molecular flexibility index (Phi) is 6.58. The average molecular weight is 373 g/mol. The Hall–Kier alpha value is -2.24. The minimum atomic E-state index is 0.659. The molecule has 0 aliphatic carbocycles. The standard InChI is InChI=1S/C22H30N2O3/c1-17-6-5-7-19(14-17)24-12-10-23(11-13-24)9-8-18-15-20(25-2)22(27-4)21(16-18)26-3/h5-7,14-16H,8-13H2,1-4H3/p+2. The van der Waals surface area contributed by atoms with Crippen LogP contribution in [0.25, 0.3) is 0 Å². The highest BCUT2D eigenvalue weighted by Crippen LogP contribution is 2.38. The summed E-state index contributed by atoms with van der Waals surface area (Å²) in [5.74, 6) is 2.12. The molecule has 146 valence electrons. The first-order valence-electron chi connectivity index (χ1n) is 9.68. The number of hydrogen-bond acceptors (Lipinski definition) is 3. The van der Waals surface area contributed by atoms with Crippen LogP contribution in [0.2, 0.25) is 0 Å². The number of piperazine rings is 1. The molecule has 5 heteroatoms. The Morgan fingerprint density at radius 2 is 1.52 bits per heavy atom. The van der Waals surface area contributed by atoms with Crippen LogP contribution in [-0.2, 0) is 6.42 Å². The third kappa shape index (κ3) is 4.73. The monoisotopic (exact) mass is 372 g/mol. The number of hydrogen-bond donors (Lipinski definition) is 2. The quantitative estimate of drug-likeness (QED) is 0.751. The van der Waals surface area contributed by atoms with Crippen molar-refractivity contribution in [2.45, 2.75) is 13.3 Å². The fourth-order valence-corrected chi connectivity index (χ4v) is 3.91. The van der Waals surface area contributed by atoms with Crippen molar-refractivity contribution in [3.8, 4) is 17.2 Å². The fraction of sp³-hybridized carbons (Fsp3) is 0.455. The molecule has 2 aromatic carbocycles. The van der Waals surface area contributed by atoms with Crippen molar-refractivity contribution in [1.29, 1.82) is 0 Å². The zero-order valence-corrected chi connectivity index (χ0v) is 16.9. The number of methoxy groups -OCH3 is 3. The molecule has 1 saturated heterocycles. The fourth-order valence-electron chi connectivity index (χ4n) is 3.91. The molecule has 0 saturated carbocycles. The third-order valence-corrected chi connectivity index (χ3v) is 5.48. The molecule has 0 atom stereocenters. The van der Waals surface area contributed by atoms with Crippen LogP contribution in [0.4, 0.5) is 5.69 Å². The van der Waals surface area contributed by atoms with E-state index in [9.17, 15) is 0 Å². The van der Waals surface area contributed by atoms with Gasteiger partial charge in [-0.25, -0.2) is 0 Å². The zero-order chi connectivity index (χ0) is 19.2. The van der Waals surface area contributed by atoms with Gasteiger partial charge in [0.05, 0.1) is 27.9 Å². The summed E-state index contributed by atoms with van der Waals surface area (Å²) in [5, 5.41) is 0. The molecule has 0 amide bonds. The molecule has 5 nitrogen and oxygen atoms in total. The second kappa shape index (κ2) is 9.11. The number of ether oxygens (including phenoxy) is 3. The summed E-state index contributed by atoms with van der Waals surface area (Å²) in [7, 11) is 4.97. The minimum absolute atomic E-state index is 0.659. The highest BCUT2D eigenvalue weighted by molar-refractivity contribution is 5.53. The van der Waals surface area contributed by atoms with Crippen molar-refractivity contribution in [2.75, 3.05) is 54.1 Å². The first-order valence-corrected chi connectivity index (χ1v) is 9.68. The molecule has 3 rings (SSSR count). The van der Waals surface area contributed by atoms with Crippen LogP contribution in [0, 0.1) is 6.92 Å². The van der Waals surface area contributed by atoms with Crippen LogP contribution in [-0.4, -0.2) is 54.1 Å². The van der Waals surface area contributed by atoms with E-state index >= 15 is 0 Å². The maximum Gasteiger partial charge on any atom is 0.203 e. The second-order valence-electron chi connectivity index (χ2n) is 7.26. The highest BCUT2D eigenvalue weighted by atomic mass is 16.5. The highest BCUT2D eigenvalue weighted by Gasteiger charge is 2.24. The van der Waals surface area contributed by atoms with Gasteiger partial charge in [-0.2, -0.15) is 0 Å². The Balaban J connectivity index is 1.57. The second-order valence-corrected chi connectivity index (χ2v) is 7.26. The van der Waals surface area contributed by atoms with Crippen molar-refractivity contribution in [2.24, 2.45) is 0 Å². The molecule has 0 spiro atoms. The van der Waals surface area contributed by atoms with Crippen molar-refractivity contribution < 1.29 is 24.0 Å². The van der Waals surface area contributed by atoms with Gasteiger partial charge in [-0.05, 0) is 36.2 Å². The lowest BCUT2D eigenvalue weighted by atomic mass is 10.1. The van der Waals surface area contributed by atoms with Gasteiger partial charge in [0.2, 0.25) is 5.75 Å². The molecule has 2 aromatic rings. The molecular formula is C22H32N2O3+2. The normalized spacial score (nSPS) is 19.6.